The molecule has 0 heterocycles. The van der Waals surface area contributed by atoms with Gasteiger partial charge in [0.25, 0.3) is 0 Å². The summed E-state index contributed by atoms with van der Waals surface area (Å²) >= 11 is 0. The molecule has 1 saturated carbocycles. The highest BCUT2D eigenvalue weighted by Crippen LogP contribution is 2.39. The van der Waals surface area contributed by atoms with E-state index in [1.807, 2.05) is 0 Å². The predicted molar refractivity (Wildman–Crippen MR) is 119 cm³/mol. The predicted octanol–water partition coefficient (Wildman–Crippen LogP) is 8.32. The van der Waals surface area contributed by atoms with Crippen LogP contribution in [0.5, 0.6) is 5.75 Å². The molecule has 2 aromatic carbocycles. The molecule has 4 heteroatoms. The van der Waals surface area contributed by atoms with Gasteiger partial charge in [0.1, 0.15) is 5.75 Å². The first-order valence-corrected chi connectivity index (χ1v) is 11.9. The van der Waals surface area contributed by atoms with Crippen LogP contribution >= 0.6 is 0 Å². The zero-order chi connectivity index (χ0) is 21.8. The lowest BCUT2D eigenvalue weighted by Crippen LogP contribution is -2.18. The second-order valence-corrected chi connectivity index (χ2v) is 9.44. The topological polar surface area (TPSA) is 9.23 Å². The number of unbranched alkanes of at least 4 members (excludes halogenated alkanes) is 1. The van der Waals surface area contributed by atoms with Crippen molar-refractivity contribution in [3.63, 3.8) is 0 Å². The van der Waals surface area contributed by atoms with Crippen LogP contribution in [0.25, 0.3) is 0 Å². The number of ether oxygens (including phenoxy) is 1. The fourth-order valence-electron chi connectivity index (χ4n) is 5.53. The zero-order valence-electron chi connectivity index (χ0n) is 18.4. The maximum atomic E-state index is 12.5. The highest BCUT2D eigenvalue weighted by molar-refractivity contribution is 5.40. The molecule has 0 aromatic heterocycles. The van der Waals surface area contributed by atoms with Gasteiger partial charge in [0, 0.05) is 0 Å². The standard InChI is InChI=1S/C27H33F3O/c1-2-3-4-19-5-7-20(8-6-19)21-9-11-22(12-10-21)23-13-14-25-18-26(31-27(28,29)30)16-15-24(25)17-23/h9-12,15-16,18-20,23H,2-8,13-14,17H2,1H3. The van der Waals surface area contributed by atoms with E-state index in [4.69, 9.17) is 0 Å². The summed E-state index contributed by atoms with van der Waals surface area (Å²) < 4.78 is 41.5. The molecule has 0 bridgehead atoms. The van der Waals surface area contributed by atoms with Gasteiger partial charge in [-0.25, -0.2) is 0 Å². The molecule has 0 amide bonds. The first-order valence-electron chi connectivity index (χ1n) is 11.9. The SMILES string of the molecule is CCCCC1CCC(c2ccc(C3CCc4cc(OC(F)(F)F)ccc4C3)cc2)CC1. The van der Waals surface area contributed by atoms with E-state index in [9.17, 15) is 13.2 Å². The Balaban J connectivity index is 1.35. The molecule has 0 N–H and O–H groups in total. The Kier molecular flexibility index (Phi) is 6.93. The van der Waals surface area contributed by atoms with Gasteiger partial charge < -0.3 is 4.74 Å². The van der Waals surface area contributed by atoms with E-state index >= 15 is 0 Å². The van der Waals surface area contributed by atoms with Crippen molar-refractivity contribution in [2.75, 3.05) is 0 Å². The normalized spacial score (nSPS) is 23.9. The summed E-state index contributed by atoms with van der Waals surface area (Å²) in [5, 5.41) is 0. The zero-order valence-corrected chi connectivity index (χ0v) is 18.4. The van der Waals surface area contributed by atoms with Gasteiger partial charge in [-0.05, 0) is 97.1 Å². The van der Waals surface area contributed by atoms with Crippen molar-refractivity contribution in [2.24, 2.45) is 5.92 Å². The minimum atomic E-state index is -4.64. The Morgan fingerprint density at radius 2 is 1.52 bits per heavy atom. The van der Waals surface area contributed by atoms with Crippen molar-refractivity contribution in [1.82, 2.24) is 0 Å². The van der Waals surface area contributed by atoms with Crippen LogP contribution in [0.1, 0.15) is 92.4 Å². The molecular formula is C27H33F3O. The van der Waals surface area contributed by atoms with Crippen molar-refractivity contribution in [3.8, 4) is 5.75 Å². The molecule has 1 unspecified atom stereocenters. The maximum Gasteiger partial charge on any atom is 0.573 e. The molecule has 2 aliphatic rings. The molecule has 168 valence electrons. The lowest BCUT2D eigenvalue weighted by molar-refractivity contribution is -0.274. The average Bonchev–Trinajstić information content (AvgIpc) is 2.77. The summed E-state index contributed by atoms with van der Waals surface area (Å²) in [6, 6.07) is 14.0. The van der Waals surface area contributed by atoms with Gasteiger partial charge in [-0.1, -0.05) is 56.5 Å². The number of hydrogen-bond donors (Lipinski definition) is 0. The Labute approximate surface area is 184 Å². The fraction of sp³-hybridized carbons (Fsp3) is 0.556. The second-order valence-electron chi connectivity index (χ2n) is 9.44. The highest BCUT2D eigenvalue weighted by atomic mass is 19.4. The van der Waals surface area contributed by atoms with Crippen LogP contribution in [-0.4, -0.2) is 6.36 Å². The minimum absolute atomic E-state index is 0.113. The summed E-state index contributed by atoms with van der Waals surface area (Å²) in [5.74, 6) is 1.95. The van der Waals surface area contributed by atoms with Gasteiger partial charge >= 0.3 is 6.36 Å². The quantitative estimate of drug-likeness (QED) is 0.448. The molecule has 1 nitrogen and oxygen atoms in total. The molecule has 0 saturated heterocycles. The van der Waals surface area contributed by atoms with E-state index in [0.29, 0.717) is 11.8 Å². The number of alkyl halides is 3. The first kappa shape index (κ1) is 22.2. The molecule has 4 rings (SSSR count). The lowest BCUT2D eigenvalue weighted by Gasteiger charge is -2.29. The summed E-state index contributed by atoms with van der Waals surface area (Å²) in [7, 11) is 0. The summed E-state index contributed by atoms with van der Waals surface area (Å²) in [5.41, 5.74) is 4.94. The van der Waals surface area contributed by atoms with E-state index in [2.05, 4.69) is 35.9 Å². The van der Waals surface area contributed by atoms with E-state index in [1.54, 1.807) is 12.1 Å². The number of fused-ring (bicyclic) bond motifs is 1. The molecule has 31 heavy (non-hydrogen) atoms. The van der Waals surface area contributed by atoms with Crippen LogP contribution in [0, 0.1) is 5.92 Å². The molecule has 2 aromatic rings. The average molecular weight is 431 g/mol. The lowest BCUT2D eigenvalue weighted by atomic mass is 9.76. The van der Waals surface area contributed by atoms with Crippen molar-refractivity contribution in [3.05, 3.63) is 64.7 Å². The maximum absolute atomic E-state index is 12.5. The van der Waals surface area contributed by atoms with Crippen molar-refractivity contribution in [2.45, 2.75) is 89.3 Å². The summed E-state index contributed by atoms with van der Waals surface area (Å²) in [4.78, 5) is 0. The second kappa shape index (κ2) is 9.67. The van der Waals surface area contributed by atoms with Crippen molar-refractivity contribution >= 4 is 0 Å². The Bertz CT molecular complexity index is 848. The molecule has 1 atom stereocenters. The summed E-state index contributed by atoms with van der Waals surface area (Å²) in [6.45, 7) is 2.28. The van der Waals surface area contributed by atoms with Gasteiger partial charge in [0.05, 0.1) is 0 Å². The molecule has 0 aliphatic heterocycles. The summed E-state index contributed by atoms with van der Waals surface area (Å²) in [6.07, 6.45) is 7.42. The van der Waals surface area contributed by atoms with Gasteiger partial charge in [-0.3, -0.25) is 0 Å². The monoisotopic (exact) mass is 430 g/mol. The van der Waals surface area contributed by atoms with Crippen LogP contribution in [0.15, 0.2) is 42.5 Å². The van der Waals surface area contributed by atoms with E-state index in [-0.39, 0.29) is 5.75 Å². The third-order valence-electron chi connectivity index (χ3n) is 7.33. The molecule has 0 spiro atoms. The van der Waals surface area contributed by atoms with E-state index in [0.717, 1.165) is 36.3 Å². The fourth-order valence-corrected chi connectivity index (χ4v) is 5.53. The minimum Gasteiger partial charge on any atom is -0.406 e. The molecule has 2 aliphatic carbocycles. The molecule has 0 radical (unpaired) electrons. The number of rotatable bonds is 6. The van der Waals surface area contributed by atoms with Crippen molar-refractivity contribution < 1.29 is 17.9 Å². The van der Waals surface area contributed by atoms with Gasteiger partial charge in [0.15, 0.2) is 0 Å². The van der Waals surface area contributed by atoms with Crippen LogP contribution in [-0.2, 0) is 12.8 Å². The molecule has 1 fully saturated rings. The van der Waals surface area contributed by atoms with E-state index in [1.165, 1.54) is 62.1 Å². The Morgan fingerprint density at radius 3 is 2.16 bits per heavy atom. The van der Waals surface area contributed by atoms with Crippen molar-refractivity contribution in [1.29, 1.82) is 0 Å². The third kappa shape index (κ3) is 5.84. The van der Waals surface area contributed by atoms with Gasteiger partial charge in [-0.15, -0.1) is 13.2 Å². The van der Waals surface area contributed by atoms with Crippen LogP contribution < -0.4 is 4.74 Å². The Morgan fingerprint density at radius 1 is 0.839 bits per heavy atom. The van der Waals surface area contributed by atoms with E-state index < -0.39 is 6.36 Å². The first-order chi connectivity index (χ1) is 14.9. The highest BCUT2D eigenvalue weighted by Gasteiger charge is 2.31. The Hall–Kier alpha value is -1.97. The third-order valence-corrected chi connectivity index (χ3v) is 7.33. The largest absolute Gasteiger partial charge is 0.573 e. The van der Waals surface area contributed by atoms with Crippen LogP contribution in [0.3, 0.4) is 0 Å². The number of aryl methyl sites for hydroxylation is 1. The smallest absolute Gasteiger partial charge is 0.406 e. The number of hydrogen-bond acceptors (Lipinski definition) is 1. The van der Waals surface area contributed by atoms with Gasteiger partial charge in [0.2, 0.25) is 0 Å². The van der Waals surface area contributed by atoms with Crippen LogP contribution in [0.2, 0.25) is 0 Å². The number of benzene rings is 2. The van der Waals surface area contributed by atoms with Crippen LogP contribution in [0.4, 0.5) is 13.2 Å². The van der Waals surface area contributed by atoms with Gasteiger partial charge in [-0.2, -0.15) is 0 Å². The molecular weight excluding hydrogens is 397 g/mol. The number of halogens is 3.